The highest BCUT2D eigenvalue weighted by molar-refractivity contribution is 5.76. The molecule has 4 rings (SSSR count). The number of hydrogen-bond donors (Lipinski definition) is 1. The minimum atomic E-state index is 0.00860. The van der Waals surface area contributed by atoms with Crippen LogP contribution in [0.25, 0.3) is 0 Å². The second-order valence-electron chi connectivity index (χ2n) is 7.21. The number of hydrogen-bond acceptors (Lipinski definition) is 3. The van der Waals surface area contributed by atoms with Crippen molar-refractivity contribution in [2.45, 2.75) is 63.7 Å². The molecule has 0 bridgehead atoms. The van der Waals surface area contributed by atoms with E-state index in [1.54, 1.807) is 11.0 Å². The molecule has 0 saturated heterocycles. The predicted octanol–water partition coefficient (Wildman–Crippen LogP) is 2.92. The van der Waals surface area contributed by atoms with Crippen LogP contribution in [0.1, 0.15) is 49.8 Å². The Balaban J connectivity index is 1.49. The van der Waals surface area contributed by atoms with E-state index < -0.39 is 0 Å². The molecule has 1 aromatic carbocycles. The maximum absolute atomic E-state index is 13.0. The van der Waals surface area contributed by atoms with Gasteiger partial charge in [-0.25, -0.2) is 9.78 Å². The van der Waals surface area contributed by atoms with Gasteiger partial charge in [-0.3, -0.25) is 4.68 Å². The Hall–Kier alpha value is -2.37. The largest absolute Gasteiger partial charge is 0.334 e. The van der Waals surface area contributed by atoms with E-state index in [0.29, 0.717) is 12.6 Å². The lowest BCUT2D eigenvalue weighted by atomic mass is 9.87. The van der Waals surface area contributed by atoms with E-state index in [4.69, 9.17) is 0 Å². The Morgan fingerprint density at radius 2 is 2.20 bits per heavy atom. The highest BCUT2D eigenvalue weighted by atomic mass is 16.2. The van der Waals surface area contributed by atoms with Gasteiger partial charge in [0.2, 0.25) is 0 Å². The lowest BCUT2D eigenvalue weighted by Crippen LogP contribution is -2.48. The number of carbonyl (C=O) groups excluding carboxylic acids is 1. The Labute approximate surface area is 148 Å². The van der Waals surface area contributed by atoms with Gasteiger partial charge in [0.1, 0.15) is 12.7 Å². The zero-order valence-corrected chi connectivity index (χ0v) is 14.6. The van der Waals surface area contributed by atoms with E-state index in [9.17, 15) is 4.79 Å². The zero-order valence-electron chi connectivity index (χ0n) is 14.6. The Bertz CT molecular complexity index is 725. The summed E-state index contributed by atoms with van der Waals surface area (Å²) in [6.07, 6.45) is 8.75. The zero-order chi connectivity index (χ0) is 17.2. The molecule has 0 spiro atoms. The summed E-state index contributed by atoms with van der Waals surface area (Å²) in [7, 11) is 0. The third-order valence-corrected chi connectivity index (χ3v) is 5.15. The lowest BCUT2D eigenvalue weighted by molar-refractivity contribution is 0.158. The molecule has 1 aromatic heterocycles. The summed E-state index contributed by atoms with van der Waals surface area (Å²) in [5.41, 5.74) is 2.73. The molecule has 2 atom stereocenters. The molecule has 6 nitrogen and oxygen atoms in total. The molecule has 1 saturated carbocycles. The number of fused-ring (bicyclic) bond motifs is 1. The van der Waals surface area contributed by atoms with Crippen LogP contribution in [0, 0.1) is 0 Å². The van der Waals surface area contributed by atoms with Crippen LogP contribution in [0.5, 0.6) is 0 Å². The van der Waals surface area contributed by atoms with Gasteiger partial charge in [0, 0.05) is 12.1 Å². The monoisotopic (exact) mass is 339 g/mol. The molecule has 0 radical (unpaired) electrons. The second kappa shape index (κ2) is 6.86. The van der Waals surface area contributed by atoms with Crippen LogP contribution in [0.4, 0.5) is 4.79 Å². The van der Waals surface area contributed by atoms with Crippen LogP contribution in [-0.4, -0.2) is 37.8 Å². The molecule has 25 heavy (non-hydrogen) atoms. The lowest BCUT2D eigenvalue weighted by Gasteiger charge is -2.36. The molecule has 132 valence electrons. The van der Waals surface area contributed by atoms with Crippen molar-refractivity contribution in [2.24, 2.45) is 0 Å². The molecule has 2 amide bonds. The second-order valence-corrected chi connectivity index (χ2v) is 7.21. The quantitative estimate of drug-likeness (QED) is 0.911. The fourth-order valence-corrected chi connectivity index (χ4v) is 3.87. The van der Waals surface area contributed by atoms with E-state index >= 15 is 0 Å². The van der Waals surface area contributed by atoms with Gasteiger partial charge in [0.25, 0.3) is 0 Å². The maximum Gasteiger partial charge on any atom is 0.318 e. The Kier molecular flexibility index (Phi) is 4.42. The van der Waals surface area contributed by atoms with Gasteiger partial charge in [-0.2, -0.15) is 5.10 Å². The summed E-state index contributed by atoms with van der Waals surface area (Å²) >= 11 is 0. The van der Waals surface area contributed by atoms with Crippen LogP contribution in [0.2, 0.25) is 0 Å². The number of amides is 2. The SMILES string of the molecule is CC(Cn1cncn1)NC(=O)N(C1CC1)C1CCCc2ccccc21. The van der Waals surface area contributed by atoms with Crippen molar-refractivity contribution < 1.29 is 4.79 Å². The highest BCUT2D eigenvalue weighted by Crippen LogP contribution is 2.40. The van der Waals surface area contributed by atoms with Gasteiger partial charge in [-0.1, -0.05) is 24.3 Å². The van der Waals surface area contributed by atoms with Crippen molar-refractivity contribution in [1.82, 2.24) is 25.0 Å². The highest BCUT2D eigenvalue weighted by Gasteiger charge is 2.39. The summed E-state index contributed by atoms with van der Waals surface area (Å²) in [4.78, 5) is 19.1. The average molecular weight is 339 g/mol. The first-order valence-electron chi connectivity index (χ1n) is 9.21. The van der Waals surface area contributed by atoms with Gasteiger partial charge in [0.15, 0.2) is 0 Å². The van der Waals surface area contributed by atoms with E-state index in [1.807, 2.05) is 6.92 Å². The molecular formula is C19H25N5O. The van der Waals surface area contributed by atoms with E-state index in [2.05, 4.69) is 44.6 Å². The van der Waals surface area contributed by atoms with E-state index in [-0.39, 0.29) is 18.1 Å². The van der Waals surface area contributed by atoms with Gasteiger partial charge >= 0.3 is 6.03 Å². The molecule has 1 heterocycles. The average Bonchev–Trinajstić information content (AvgIpc) is 3.31. The van der Waals surface area contributed by atoms with Gasteiger partial charge < -0.3 is 10.2 Å². The van der Waals surface area contributed by atoms with Gasteiger partial charge in [-0.05, 0) is 50.2 Å². The van der Waals surface area contributed by atoms with Crippen LogP contribution in [-0.2, 0) is 13.0 Å². The number of urea groups is 1. The molecule has 1 N–H and O–H groups in total. The number of aryl methyl sites for hydroxylation is 1. The number of rotatable bonds is 5. The fraction of sp³-hybridized carbons (Fsp3) is 0.526. The molecule has 1 fully saturated rings. The molecule has 2 aliphatic carbocycles. The number of nitrogens with one attached hydrogen (secondary N) is 1. The molecular weight excluding hydrogens is 314 g/mol. The topological polar surface area (TPSA) is 63.1 Å². The van der Waals surface area contributed by atoms with Crippen molar-refractivity contribution in [3.05, 3.63) is 48.0 Å². The van der Waals surface area contributed by atoms with Crippen LogP contribution in [0.3, 0.4) is 0 Å². The van der Waals surface area contributed by atoms with Crippen LogP contribution >= 0.6 is 0 Å². The first kappa shape index (κ1) is 16.1. The van der Waals surface area contributed by atoms with Crippen LogP contribution < -0.4 is 5.32 Å². The summed E-state index contributed by atoms with van der Waals surface area (Å²) < 4.78 is 1.75. The summed E-state index contributed by atoms with van der Waals surface area (Å²) in [5, 5.41) is 7.28. The first-order chi connectivity index (χ1) is 12.2. The van der Waals surface area contributed by atoms with Crippen molar-refractivity contribution in [3.8, 4) is 0 Å². The summed E-state index contributed by atoms with van der Waals surface area (Å²) in [5.74, 6) is 0. The molecule has 6 heteroatoms. The number of nitrogens with zero attached hydrogens (tertiary/aromatic N) is 4. The molecule has 2 aromatic rings. The smallest absolute Gasteiger partial charge is 0.318 e. The first-order valence-corrected chi connectivity index (χ1v) is 9.21. The van der Waals surface area contributed by atoms with Crippen molar-refractivity contribution in [3.63, 3.8) is 0 Å². The molecule has 2 unspecified atom stereocenters. The van der Waals surface area contributed by atoms with E-state index in [1.165, 1.54) is 17.5 Å². The normalized spacial score (nSPS) is 20.6. The number of aromatic nitrogens is 3. The predicted molar refractivity (Wildman–Crippen MR) is 95.0 cm³/mol. The van der Waals surface area contributed by atoms with Crippen LogP contribution in [0.15, 0.2) is 36.9 Å². The molecule has 0 aliphatic heterocycles. The minimum absolute atomic E-state index is 0.00860. The minimum Gasteiger partial charge on any atom is -0.334 e. The fourth-order valence-electron chi connectivity index (χ4n) is 3.87. The van der Waals surface area contributed by atoms with Crippen molar-refractivity contribution >= 4 is 6.03 Å². The summed E-state index contributed by atoms with van der Waals surface area (Å²) in [6.45, 7) is 2.64. The third kappa shape index (κ3) is 3.52. The maximum atomic E-state index is 13.0. The molecule has 2 aliphatic rings. The van der Waals surface area contributed by atoms with Crippen molar-refractivity contribution in [1.29, 1.82) is 0 Å². The van der Waals surface area contributed by atoms with Gasteiger partial charge in [-0.15, -0.1) is 0 Å². The van der Waals surface area contributed by atoms with Crippen molar-refractivity contribution in [2.75, 3.05) is 0 Å². The third-order valence-electron chi connectivity index (χ3n) is 5.15. The number of benzene rings is 1. The van der Waals surface area contributed by atoms with E-state index in [0.717, 1.165) is 32.1 Å². The summed E-state index contributed by atoms with van der Waals surface area (Å²) in [6, 6.07) is 9.24. The Morgan fingerprint density at radius 1 is 1.36 bits per heavy atom. The Morgan fingerprint density at radius 3 is 2.96 bits per heavy atom. The van der Waals surface area contributed by atoms with Gasteiger partial charge in [0.05, 0.1) is 12.6 Å². The number of carbonyl (C=O) groups is 1. The standard InChI is InChI=1S/C19H25N5O/c1-14(11-23-13-20-12-21-23)22-19(25)24(16-9-10-16)18-8-4-6-15-5-2-3-7-17(15)18/h2-3,5,7,12-14,16,18H,4,6,8-11H2,1H3,(H,22,25).